The van der Waals surface area contributed by atoms with Crippen molar-refractivity contribution in [2.45, 2.75) is 103 Å². The summed E-state index contributed by atoms with van der Waals surface area (Å²) in [6.07, 6.45) is 7.59. The molecule has 9 heteroatoms. The topological polar surface area (TPSA) is 103 Å². The number of aliphatic hydroxyl groups is 1. The summed E-state index contributed by atoms with van der Waals surface area (Å²) < 4.78 is 13.5. The molecule has 3 N–H and O–H groups in total. The average molecular weight is 635 g/mol. The first-order valence-electron chi connectivity index (χ1n) is 17.5. The summed E-state index contributed by atoms with van der Waals surface area (Å²) in [6, 6.07) is 16.9. The van der Waals surface area contributed by atoms with Gasteiger partial charge in [-0.1, -0.05) is 61.9 Å². The van der Waals surface area contributed by atoms with E-state index < -0.39 is 6.29 Å². The molecule has 0 unspecified atom stereocenters. The number of ether oxygens (including phenoxy) is 2. The number of benzene rings is 2. The van der Waals surface area contributed by atoms with Gasteiger partial charge in [-0.15, -0.1) is 0 Å². The van der Waals surface area contributed by atoms with Crippen molar-refractivity contribution in [3.8, 4) is 0 Å². The third kappa shape index (κ3) is 9.84. The quantitative estimate of drug-likeness (QED) is 0.241. The second-order valence-corrected chi connectivity index (χ2v) is 13.4. The summed E-state index contributed by atoms with van der Waals surface area (Å²) >= 11 is 0. The van der Waals surface area contributed by atoms with Crippen LogP contribution in [-0.4, -0.2) is 78.1 Å². The Balaban J connectivity index is 1.20. The van der Waals surface area contributed by atoms with E-state index in [4.69, 9.17) is 9.47 Å². The van der Waals surface area contributed by atoms with Crippen LogP contribution < -0.4 is 10.6 Å². The number of nitrogens with zero attached hydrogens (tertiary/aromatic N) is 2. The fourth-order valence-electron chi connectivity index (χ4n) is 7.10. The predicted molar refractivity (Wildman–Crippen MR) is 179 cm³/mol. The lowest BCUT2D eigenvalue weighted by Crippen LogP contribution is -2.48. The zero-order valence-corrected chi connectivity index (χ0v) is 27.8. The number of rotatable bonds is 15. The number of aliphatic hydroxyl groups excluding tert-OH is 1. The smallest absolute Gasteiger partial charge is 0.220 e. The van der Waals surface area contributed by atoms with E-state index in [0.717, 1.165) is 61.2 Å². The van der Waals surface area contributed by atoms with Gasteiger partial charge in [-0.25, -0.2) is 0 Å². The highest BCUT2D eigenvalue weighted by molar-refractivity contribution is 5.75. The molecule has 5 atom stereocenters. The SMILES string of the molecule is CC(=O)NCCCCCC(=O)NCc1ccc([C@@H]2O[C@H](CN3CCC[C@H]3CN3CCCC3)[C@H](C)[C@H](c3ccc(CO)cc3)O2)cc1. The van der Waals surface area contributed by atoms with Crippen molar-refractivity contribution in [2.24, 2.45) is 5.92 Å². The van der Waals surface area contributed by atoms with Crippen LogP contribution in [0.1, 0.15) is 99.9 Å². The highest BCUT2D eigenvalue weighted by Crippen LogP contribution is 2.42. The predicted octanol–water partition coefficient (Wildman–Crippen LogP) is 4.84. The molecule has 252 valence electrons. The molecule has 0 aromatic heterocycles. The highest BCUT2D eigenvalue weighted by atomic mass is 16.7. The largest absolute Gasteiger partial charge is 0.392 e. The van der Waals surface area contributed by atoms with Crippen LogP contribution in [0.4, 0.5) is 0 Å². The minimum absolute atomic E-state index is 0.0117. The van der Waals surface area contributed by atoms with Gasteiger partial charge >= 0.3 is 0 Å². The molecule has 9 nitrogen and oxygen atoms in total. The van der Waals surface area contributed by atoms with Crippen LogP contribution in [0, 0.1) is 5.92 Å². The molecule has 3 fully saturated rings. The lowest BCUT2D eigenvalue weighted by Gasteiger charge is -2.43. The minimum atomic E-state index is -0.496. The zero-order chi connectivity index (χ0) is 32.3. The van der Waals surface area contributed by atoms with E-state index in [1.54, 1.807) is 0 Å². The van der Waals surface area contributed by atoms with Gasteiger partial charge in [0.15, 0.2) is 6.29 Å². The van der Waals surface area contributed by atoms with Crippen LogP contribution in [-0.2, 0) is 32.2 Å². The average Bonchev–Trinajstić information content (AvgIpc) is 3.75. The molecule has 5 rings (SSSR count). The van der Waals surface area contributed by atoms with Crippen LogP contribution in [0.2, 0.25) is 0 Å². The number of likely N-dealkylation sites (tertiary alicyclic amines) is 2. The number of carbonyl (C=O) groups is 2. The summed E-state index contributed by atoms with van der Waals surface area (Å²) in [6.45, 7) is 10.5. The summed E-state index contributed by atoms with van der Waals surface area (Å²) in [5.74, 6) is 0.181. The van der Waals surface area contributed by atoms with Gasteiger partial charge in [0.2, 0.25) is 11.8 Å². The summed E-state index contributed by atoms with van der Waals surface area (Å²) in [7, 11) is 0. The lowest BCUT2D eigenvalue weighted by molar-refractivity contribution is -0.276. The molecule has 3 saturated heterocycles. The van der Waals surface area contributed by atoms with E-state index >= 15 is 0 Å². The molecular formula is C37H54N4O5. The number of unbranched alkanes of at least 4 members (excludes halogenated alkanes) is 2. The Labute approximate surface area is 275 Å². The van der Waals surface area contributed by atoms with Crippen LogP contribution in [0.15, 0.2) is 48.5 Å². The Morgan fingerprint density at radius 1 is 0.848 bits per heavy atom. The van der Waals surface area contributed by atoms with Crippen molar-refractivity contribution < 1.29 is 24.2 Å². The fraction of sp³-hybridized carbons (Fsp3) is 0.622. The maximum absolute atomic E-state index is 12.4. The second-order valence-electron chi connectivity index (χ2n) is 13.4. The van der Waals surface area contributed by atoms with E-state index in [1.807, 2.05) is 24.3 Å². The number of amides is 2. The van der Waals surface area contributed by atoms with Gasteiger partial charge < -0.3 is 30.1 Å². The molecular weight excluding hydrogens is 580 g/mol. The standard InChI is InChI=1S/C37H54N4O5/c1-27-34(25-41-22-8-9-33(41)24-40-20-6-7-21-40)45-37(46-36(27)31-15-13-30(26-42)14-16-31)32-17-11-29(12-18-32)23-39-35(44)10-4-3-5-19-38-28(2)43/h11-18,27,33-34,36-37,42H,3-10,19-26H2,1-2H3,(H,38,43)(H,39,44)/t27-,33-,34+,36+,37+/m0/s1. The summed E-state index contributed by atoms with van der Waals surface area (Å²) in [5.41, 5.74) is 4.00. The Morgan fingerprint density at radius 2 is 1.57 bits per heavy atom. The van der Waals surface area contributed by atoms with E-state index in [2.05, 4.69) is 51.6 Å². The molecule has 0 aliphatic carbocycles. The number of nitrogens with one attached hydrogen (secondary N) is 2. The maximum atomic E-state index is 12.4. The third-order valence-corrected chi connectivity index (χ3v) is 9.90. The van der Waals surface area contributed by atoms with E-state index in [-0.39, 0.29) is 36.5 Å². The van der Waals surface area contributed by atoms with Crippen molar-refractivity contribution in [3.63, 3.8) is 0 Å². The first-order chi connectivity index (χ1) is 22.4. The maximum Gasteiger partial charge on any atom is 0.220 e. The van der Waals surface area contributed by atoms with Gasteiger partial charge in [-0.3, -0.25) is 14.5 Å². The van der Waals surface area contributed by atoms with Crippen LogP contribution in [0.3, 0.4) is 0 Å². The highest BCUT2D eigenvalue weighted by Gasteiger charge is 2.40. The normalized spacial score (nSPS) is 25.5. The van der Waals surface area contributed by atoms with Crippen molar-refractivity contribution >= 4 is 11.8 Å². The van der Waals surface area contributed by atoms with E-state index in [1.165, 1.54) is 45.7 Å². The van der Waals surface area contributed by atoms with Crippen LogP contribution >= 0.6 is 0 Å². The molecule has 3 heterocycles. The zero-order valence-electron chi connectivity index (χ0n) is 27.8. The minimum Gasteiger partial charge on any atom is -0.392 e. The molecule has 46 heavy (non-hydrogen) atoms. The van der Waals surface area contributed by atoms with Gasteiger partial charge in [0.1, 0.15) is 0 Å². The van der Waals surface area contributed by atoms with Gasteiger partial charge in [0.05, 0.1) is 18.8 Å². The van der Waals surface area contributed by atoms with Crippen LogP contribution in [0.25, 0.3) is 0 Å². The molecule has 2 aromatic rings. The lowest BCUT2D eigenvalue weighted by atomic mass is 9.90. The first-order valence-corrected chi connectivity index (χ1v) is 17.5. The fourth-order valence-corrected chi connectivity index (χ4v) is 7.10. The van der Waals surface area contributed by atoms with E-state index in [0.29, 0.717) is 25.6 Å². The molecule has 0 bridgehead atoms. The van der Waals surface area contributed by atoms with Crippen molar-refractivity contribution in [1.29, 1.82) is 0 Å². The molecule has 3 aliphatic rings. The van der Waals surface area contributed by atoms with Crippen molar-refractivity contribution in [3.05, 3.63) is 70.8 Å². The van der Waals surface area contributed by atoms with Crippen molar-refractivity contribution in [1.82, 2.24) is 20.4 Å². The Hall–Kier alpha value is -2.82. The molecule has 0 radical (unpaired) electrons. The first kappa shape index (κ1) is 34.5. The third-order valence-electron chi connectivity index (χ3n) is 9.90. The number of hydrogen-bond acceptors (Lipinski definition) is 7. The second kappa shape index (κ2) is 17.4. The van der Waals surface area contributed by atoms with Crippen LogP contribution in [0.5, 0.6) is 0 Å². The Bertz CT molecular complexity index is 1230. The summed E-state index contributed by atoms with van der Waals surface area (Å²) in [5, 5.41) is 15.4. The molecule has 0 saturated carbocycles. The van der Waals surface area contributed by atoms with Gasteiger partial charge in [0, 0.05) is 57.0 Å². The summed E-state index contributed by atoms with van der Waals surface area (Å²) in [4.78, 5) is 28.6. The Kier molecular flexibility index (Phi) is 13.0. The van der Waals surface area contributed by atoms with Gasteiger partial charge in [0.25, 0.3) is 0 Å². The number of hydrogen-bond donors (Lipinski definition) is 3. The van der Waals surface area contributed by atoms with Gasteiger partial charge in [-0.05, 0) is 74.8 Å². The molecule has 2 amide bonds. The monoisotopic (exact) mass is 634 g/mol. The van der Waals surface area contributed by atoms with Crippen molar-refractivity contribution in [2.75, 3.05) is 39.3 Å². The van der Waals surface area contributed by atoms with Gasteiger partial charge in [-0.2, -0.15) is 0 Å². The molecule has 2 aromatic carbocycles. The number of carbonyl (C=O) groups excluding carboxylic acids is 2. The molecule has 3 aliphatic heterocycles. The Morgan fingerprint density at radius 3 is 2.28 bits per heavy atom. The molecule has 0 spiro atoms. The van der Waals surface area contributed by atoms with E-state index in [9.17, 15) is 14.7 Å².